The molecular formula is C42H55F2N9O3. The van der Waals surface area contributed by atoms with Crippen LogP contribution >= 0.6 is 0 Å². The maximum atomic E-state index is 14.7. The van der Waals surface area contributed by atoms with Crippen LogP contribution < -0.4 is 4.90 Å². The third kappa shape index (κ3) is 7.86. The van der Waals surface area contributed by atoms with Crippen LogP contribution in [0.25, 0.3) is 11.3 Å². The molecule has 0 spiro atoms. The van der Waals surface area contributed by atoms with Gasteiger partial charge in [0.25, 0.3) is 6.43 Å². The first-order chi connectivity index (χ1) is 26.8. The van der Waals surface area contributed by atoms with Crippen LogP contribution in [0.5, 0.6) is 0 Å². The number of benzene rings is 1. The molecule has 1 amide bonds. The monoisotopic (exact) mass is 771 g/mol. The van der Waals surface area contributed by atoms with Gasteiger partial charge in [0, 0.05) is 93.6 Å². The molecule has 0 bridgehead atoms. The number of amides is 1. The Morgan fingerprint density at radius 3 is 2.41 bits per heavy atom. The molecule has 0 unspecified atom stereocenters. The highest BCUT2D eigenvalue weighted by atomic mass is 19.3. The molecule has 6 heterocycles. The number of aryl methyl sites for hydroxylation is 2. The van der Waals surface area contributed by atoms with Gasteiger partial charge in [-0.05, 0) is 102 Å². The smallest absolute Gasteiger partial charge is 0.341 e. The second-order valence-electron chi connectivity index (χ2n) is 17.3. The highest BCUT2D eigenvalue weighted by Crippen LogP contribution is 2.44. The Morgan fingerprint density at radius 2 is 1.73 bits per heavy atom. The number of fused-ring (bicyclic) bond motifs is 2. The molecule has 4 aromatic rings. The van der Waals surface area contributed by atoms with Crippen LogP contribution in [-0.4, -0.2) is 89.3 Å². The summed E-state index contributed by atoms with van der Waals surface area (Å²) in [5.41, 5.74) is 4.97. The number of hydrogen-bond acceptors (Lipinski definition) is 8. The van der Waals surface area contributed by atoms with E-state index in [4.69, 9.17) is 9.84 Å². The minimum Gasteiger partial charge on any atom is -0.456 e. The van der Waals surface area contributed by atoms with Crippen LogP contribution in [0.3, 0.4) is 0 Å². The number of hydrogen-bond donors (Lipinski definition) is 0. The van der Waals surface area contributed by atoms with Gasteiger partial charge in [0.1, 0.15) is 5.60 Å². The van der Waals surface area contributed by atoms with Gasteiger partial charge >= 0.3 is 5.97 Å². The number of likely N-dealkylation sites (tertiary alicyclic amines) is 1. The van der Waals surface area contributed by atoms with E-state index in [1.54, 1.807) is 43.2 Å². The summed E-state index contributed by atoms with van der Waals surface area (Å²) < 4.78 is 40.7. The number of carbonyl (C=O) groups is 2. The van der Waals surface area contributed by atoms with E-state index in [0.717, 1.165) is 100 Å². The fourth-order valence-corrected chi connectivity index (χ4v) is 9.33. The van der Waals surface area contributed by atoms with E-state index in [0.29, 0.717) is 48.4 Å². The Labute approximate surface area is 327 Å². The Kier molecular flexibility index (Phi) is 10.5. The van der Waals surface area contributed by atoms with Crippen molar-refractivity contribution >= 4 is 23.4 Å². The van der Waals surface area contributed by atoms with Crippen molar-refractivity contribution in [3.63, 3.8) is 0 Å². The zero-order valence-electron chi connectivity index (χ0n) is 33.4. The largest absolute Gasteiger partial charge is 0.456 e. The van der Waals surface area contributed by atoms with E-state index in [9.17, 15) is 18.4 Å². The predicted molar refractivity (Wildman–Crippen MR) is 209 cm³/mol. The summed E-state index contributed by atoms with van der Waals surface area (Å²) in [6.07, 6.45) is 11.3. The van der Waals surface area contributed by atoms with E-state index >= 15 is 0 Å². The average Bonchev–Trinajstić information content (AvgIpc) is 3.93. The van der Waals surface area contributed by atoms with Gasteiger partial charge in [-0.15, -0.1) is 0 Å². The molecule has 4 aliphatic rings. The summed E-state index contributed by atoms with van der Waals surface area (Å²) in [6, 6.07) is 5.87. The fourth-order valence-electron chi connectivity index (χ4n) is 9.33. The van der Waals surface area contributed by atoms with Gasteiger partial charge in [-0.3, -0.25) is 18.8 Å². The van der Waals surface area contributed by atoms with Gasteiger partial charge < -0.3 is 19.4 Å². The third-order valence-electron chi connectivity index (χ3n) is 12.2. The normalized spacial score (nSPS) is 21.0. The van der Waals surface area contributed by atoms with Gasteiger partial charge in [0.15, 0.2) is 5.82 Å². The molecule has 8 rings (SSSR count). The molecule has 2 fully saturated rings. The summed E-state index contributed by atoms with van der Waals surface area (Å²) in [6.45, 7) is 12.1. The lowest BCUT2D eigenvalue weighted by Crippen LogP contribution is -2.40. The number of piperidine rings is 1. The van der Waals surface area contributed by atoms with Crippen LogP contribution in [-0.2, 0) is 36.0 Å². The van der Waals surface area contributed by atoms with Crippen molar-refractivity contribution in [2.45, 2.75) is 116 Å². The summed E-state index contributed by atoms with van der Waals surface area (Å²) in [7, 11) is 1.79. The third-order valence-corrected chi connectivity index (χ3v) is 12.2. The number of alkyl halides is 2. The van der Waals surface area contributed by atoms with Crippen molar-refractivity contribution in [3.8, 4) is 11.3 Å². The number of rotatable bonds is 8. The Morgan fingerprint density at radius 1 is 0.964 bits per heavy atom. The quantitative estimate of drug-likeness (QED) is 0.171. The van der Waals surface area contributed by atoms with Crippen LogP contribution in [0.15, 0.2) is 36.8 Å². The molecule has 300 valence electrons. The van der Waals surface area contributed by atoms with Gasteiger partial charge in [-0.1, -0.05) is 0 Å². The van der Waals surface area contributed by atoms with E-state index in [-0.39, 0.29) is 23.5 Å². The summed E-state index contributed by atoms with van der Waals surface area (Å²) >= 11 is 0. The van der Waals surface area contributed by atoms with Crippen LogP contribution in [0.1, 0.15) is 124 Å². The number of aromatic nitrogens is 6. The van der Waals surface area contributed by atoms with Crippen molar-refractivity contribution in [2.75, 3.05) is 37.6 Å². The van der Waals surface area contributed by atoms with Gasteiger partial charge in [-0.25, -0.2) is 13.6 Å². The molecule has 14 heteroatoms. The first-order valence-corrected chi connectivity index (χ1v) is 20.4. The number of ether oxygens (including phenoxy) is 1. The molecule has 1 saturated heterocycles. The molecule has 12 nitrogen and oxygen atoms in total. The molecule has 1 aliphatic carbocycles. The second kappa shape index (κ2) is 15.4. The van der Waals surface area contributed by atoms with E-state index in [2.05, 4.69) is 24.7 Å². The van der Waals surface area contributed by atoms with Gasteiger partial charge in [-0.2, -0.15) is 15.3 Å². The minimum absolute atomic E-state index is 0.0254. The number of carbonyl (C=O) groups excluding carboxylic acids is 2. The van der Waals surface area contributed by atoms with Crippen molar-refractivity contribution in [3.05, 3.63) is 64.7 Å². The van der Waals surface area contributed by atoms with E-state index in [1.165, 1.54) is 5.69 Å². The lowest BCUT2D eigenvalue weighted by molar-refractivity contribution is -0.129. The van der Waals surface area contributed by atoms with Crippen LogP contribution in [0, 0.1) is 5.92 Å². The van der Waals surface area contributed by atoms with Gasteiger partial charge in [0.05, 0.1) is 36.1 Å². The number of nitrogens with zero attached hydrogens (tertiary/aromatic N) is 9. The van der Waals surface area contributed by atoms with Crippen molar-refractivity contribution in [1.82, 2.24) is 39.1 Å². The lowest BCUT2D eigenvalue weighted by atomic mass is 9.85. The average molecular weight is 772 g/mol. The van der Waals surface area contributed by atoms with Gasteiger partial charge in [0.2, 0.25) is 5.91 Å². The predicted octanol–water partition coefficient (Wildman–Crippen LogP) is 7.43. The first kappa shape index (κ1) is 38.3. The minimum atomic E-state index is -2.66. The summed E-state index contributed by atoms with van der Waals surface area (Å²) in [5.74, 6) is 1.13. The molecule has 1 aromatic carbocycles. The van der Waals surface area contributed by atoms with E-state index < -0.39 is 12.0 Å². The zero-order chi connectivity index (χ0) is 39.3. The molecule has 0 atom stereocenters. The molecular weight excluding hydrogens is 717 g/mol. The summed E-state index contributed by atoms with van der Waals surface area (Å²) in [5, 5.41) is 14.3. The maximum absolute atomic E-state index is 14.7. The van der Waals surface area contributed by atoms with Crippen molar-refractivity contribution in [2.24, 2.45) is 13.0 Å². The highest BCUT2D eigenvalue weighted by molar-refractivity contribution is 5.89. The topological polar surface area (TPSA) is 107 Å². The van der Waals surface area contributed by atoms with Crippen LogP contribution in [0.2, 0.25) is 0 Å². The fraction of sp³-hybridized carbons (Fsp3) is 0.595. The summed E-state index contributed by atoms with van der Waals surface area (Å²) in [4.78, 5) is 31.8. The molecule has 3 aromatic heterocycles. The second-order valence-corrected chi connectivity index (χ2v) is 17.3. The Balaban J connectivity index is 0.956. The highest BCUT2D eigenvalue weighted by Gasteiger charge is 2.35. The van der Waals surface area contributed by atoms with Crippen molar-refractivity contribution in [1.29, 1.82) is 0 Å². The SMILES string of the molecule is CC(=O)N1CCc2c(c(N3CCCc4cc(-c5ccn(C)n5)c(C(F)F)cc43)nn2C2CCN(CC3CCC(n4cc(C(=O)OC(C)(C)C)cn4)CC3)CC2)C1. The Hall–Kier alpha value is -4.59. The van der Waals surface area contributed by atoms with Crippen molar-refractivity contribution < 1.29 is 23.1 Å². The number of anilines is 2. The standard InChI is InChI=1S/C42H55F2N9O3/c1-27(54)50-20-15-37-35(26-50)40(51-16-6-7-29-21-33(36-14-17-48(5)46-36)34(39(43)44)22-38(29)51)47-53(37)32-12-18-49(19-13-32)24-28-8-10-31(11-9-28)52-25-30(23-45-52)41(55)56-42(2,3)4/h14,17,21-23,25,28,31-32,39H,6-13,15-16,18-20,24,26H2,1-5H3. The molecule has 56 heavy (non-hydrogen) atoms. The number of halogens is 2. The Bertz CT molecular complexity index is 2060. The lowest BCUT2D eigenvalue weighted by Gasteiger charge is -2.37. The molecule has 0 N–H and O–H groups in total. The van der Waals surface area contributed by atoms with Crippen LogP contribution in [0.4, 0.5) is 20.3 Å². The first-order valence-electron chi connectivity index (χ1n) is 20.4. The maximum Gasteiger partial charge on any atom is 0.341 e. The number of esters is 1. The molecule has 1 saturated carbocycles. The molecule has 0 radical (unpaired) electrons. The van der Waals surface area contributed by atoms with E-state index in [1.807, 2.05) is 42.6 Å². The zero-order valence-corrected chi connectivity index (χ0v) is 33.4. The molecule has 3 aliphatic heterocycles.